The zero-order valence-corrected chi connectivity index (χ0v) is 10.9. The molecule has 1 rings (SSSR count). The number of carbonyl (C=O) groups is 1. The molecule has 0 bridgehead atoms. The van der Waals surface area contributed by atoms with Gasteiger partial charge in [0.2, 0.25) is 0 Å². The number of carbonyl (C=O) groups excluding carboxylic acids is 1. The minimum absolute atomic E-state index is 0.700. The van der Waals surface area contributed by atoms with E-state index in [9.17, 15) is 4.79 Å². The van der Waals surface area contributed by atoms with Crippen molar-refractivity contribution in [3.05, 3.63) is 39.9 Å². The van der Waals surface area contributed by atoms with Gasteiger partial charge in [-0.15, -0.1) is 0 Å². The fourth-order valence-corrected chi connectivity index (χ4v) is 2.19. The maximum atomic E-state index is 10.6. The first-order valence-corrected chi connectivity index (χ1v) is 6.08. The van der Waals surface area contributed by atoms with Crippen molar-refractivity contribution in [1.29, 1.82) is 0 Å². The fourth-order valence-electron chi connectivity index (χ4n) is 1.14. The number of allylic oxidation sites excluding steroid dienone is 2. The molecule has 0 aromatic heterocycles. The molecule has 0 saturated carbocycles. The van der Waals surface area contributed by atoms with Crippen LogP contribution in [0.1, 0.15) is 22.8 Å². The van der Waals surface area contributed by atoms with Gasteiger partial charge in [0.05, 0.1) is 0 Å². The van der Waals surface area contributed by atoms with Gasteiger partial charge in [-0.25, -0.2) is 0 Å². The molecule has 0 unspecified atom stereocenters. The standard InChI is InChI=1S/C11H10Br2O/c1-8(4-5-12)10-6-9(7-14)2-3-11(10)13/h2-4,6-7H,5H2,1H3. The van der Waals surface area contributed by atoms with E-state index in [1.54, 1.807) is 6.07 Å². The highest BCUT2D eigenvalue weighted by Crippen LogP contribution is 2.25. The second-order valence-corrected chi connectivity index (χ2v) is 4.40. The molecule has 0 spiro atoms. The first kappa shape index (κ1) is 11.7. The molecular formula is C11H10Br2O. The fraction of sp³-hybridized carbons (Fsp3) is 0.182. The van der Waals surface area contributed by atoms with Crippen LogP contribution in [-0.2, 0) is 0 Å². The minimum Gasteiger partial charge on any atom is -0.298 e. The number of hydrogen-bond acceptors (Lipinski definition) is 1. The van der Waals surface area contributed by atoms with Crippen LogP contribution < -0.4 is 0 Å². The van der Waals surface area contributed by atoms with Crippen molar-refractivity contribution in [2.24, 2.45) is 0 Å². The lowest BCUT2D eigenvalue weighted by atomic mass is 10.1. The summed E-state index contributed by atoms with van der Waals surface area (Å²) >= 11 is 6.80. The molecule has 1 nitrogen and oxygen atoms in total. The SMILES string of the molecule is CC(=CCBr)c1cc(C=O)ccc1Br. The average Bonchev–Trinajstić information content (AvgIpc) is 2.19. The van der Waals surface area contributed by atoms with Crippen LogP contribution in [0.4, 0.5) is 0 Å². The van der Waals surface area contributed by atoms with E-state index in [2.05, 4.69) is 37.9 Å². The van der Waals surface area contributed by atoms with Gasteiger partial charge in [-0.1, -0.05) is 44.0 Å². The summed E-state index contributed by atoms with van der Waals surface area (Å²) in [6.07, 6.45) is 2.92. The topological polar surface area (TPSA) is 17.1 Å². The van der Waals surface area contributed by atoms with Crippen molar-refractivity contribution in [2.75, 3.05) is 5.33 Å². The summed E-state index contributed by atoms with van der Waals surface area (Å²) < 4.78 is 1.01. The van der Waals surface area contributed by atoms with Gasteiger partial charge in [0.25, 0.3) is 0 Å². The molecule has 0 atom stereocenters. The van der Waals surface area contributed by atoms with Crippen LogP contribution in [0.3, 0.4) is 0 Å². The summed E-state index contributed by atoms with van der Waals surface area (Å²) in [7, 11) is 0. The Hall–Kier alpha value is -0.410. The predicted molar refractivity (Wildman–Crippen MR) is 67.0 cm³/mol. The van der Waals surface area contributed by atoms with E-state index in [0.717, 1.165) is 27.2 Å². The third-order valence-corrected chi connectivity index (χ3v) is 2.95. The molecule has 0 heterocycles. The summed E-state index contributed by atoms with van der Waals surface area (Å²) in [6, 6.07) is 5.57. The monoisotopic (exact) mass is 316 g/mol. The zero-order valence-electron chi connectivity index (χ0n) is 7.76. The van der Waals surface area contributed by atoms with Crippen molar-refractivity contribution < 1.29 is 4.79 Å². The van der Waals surface area contributed by atoms with Crippen molar-refractivity contribution in [2.45, 2.75) is 6.92 Å². The first-order chi connectivity index (χ1) is 6.69. The summed E-state index contributed by atoms with van der Waals surface area (Å²) in [5, 5.41) is 0.816. The van der Waals surface area contributed by atoms with Gasteiger partial charge in [-0.3, -0.25) is 4.79 Å². The van der Waals surface area contributed by atoms with E-state index in [1.165, 1.54) is 0 Å². The lowest BCUT2D eigenvalue weighted by Crippen LogP contribution is -1.87. The van der Waals surface area contributed by atoms with Crippen LogP contribution in [-0.4, -0.2) is 11.6 Å². The molecule has 0 amide bonds. The smallest absolute Gasteiger partial charge is 0.150 e. The molecule has 74 valence electrons. The van der Waals surface area contributed by atoms with Crippen molar-refractivity contribution >= 4 is 43.7 Å². The van der Waals surface area contributed by atoms with Crippen LogP contribution in [0, 0.1) is 0 Å². The Labute approximate surface area is 100 Å². The summed E-state index contributed by atoms with van der Waals surface area (Å²) in [6.45, 7) is 2.02. The normalized spacial score (nSPS) is 11.5. The second kappa shape index (κ2) is 5.47. The van der Waals surface area contributed by atoms with E-state index in [1.807, 2.05) is 19.1 Å². The van der Waals surface area contributed by atoms with Gasteiger partial charge in [-0.05, 0) is 30.2 Å². The Balaban J connectivity index is 3.18. The Kier molecular flexibility index (Phi) is 4.55. The third-order valence-electron chi connectivity index (χ3n) is 1.93. The maximum absolute atomic E-state index is 10.6. The largest absolute Gasteiger partial charge is 0.298 e. The van der Waals surface area contributed by atoms with Gasteiger partial charge >= 0.3 is 0 Å². The molecule has 0 radical (unpaired) electrons. The number of halogens is 2. The van der Waals surface area contributed by atoms with Crippen LogP contribution in [0.25, 0.3) is 5.57 Å². The first-order valence-electron chi connectivity index (χ1n) is 4.17. The van der Waals surface area contributed by atoms with Crippen LogP contribution in [0.5, 0.6) is 0 Å². The number of hydrogen-bond donors (Lipinski definition) is 0. The Morgan fingerprint density at radius 2 is 2.21 bits per heavy atom. The van der Waals surface area contributed by atoms with Crippen molar-refractivity contribution in [3.8, 4) is 0 Å². The molecule has 0 saturated heterocycles. The molecule has 1 aromatic carbocycles. The van der Waals surface area contributed by atoms with Gasteiger partial charge in [-0.2, -0.15) is 0 Å². The van der Waals surface area contributed by atoms with Crippen LogP contribution >= 0.6 is 31.9 Å². The molecule has 1 aromatic rings. The molecular weight excluding hydrogens is 308 g/mol. The molecule has 14 heavy (non-hydrogen) atoms. The van der Waals surface area contributed by atoms with Gasteiger partial charge in [0.15, 0.2) is 0 Å². The van der Waals surface area contributed by atoms with E-state index >= 15 is 0 Å². The van der Waals surface area contributed by atoms with Gasteiger partial charge in [0.1, 0.15) is 6.29 Å². The van der Waals surface area contributed by atoms with E-state index in [-0.39, 0.29) is 0 Å². The third kappa shape index (κ3) is 2.79. The lowest BCUT2D eigenvalue weighted by molar-refractivity contribution is 0.112. The second-order valence-electron chi connectivity index (χ2n) is 2.90. The zero-order chi connectivity index (χ0) is 10.6. The lowest BCUT2D eigenvalue weighted by Gasteiger charge is -2.05. The van der Waals surface area contributed by atoms with E-state index in [4.69, 9.17) is 0 Å². The Morgan fingerprint density at radius 1 is 1.50 bits per heavy atom. The Morgan fingerprint density at radius 3 is 2.79 bits per heavy atom. The van der Waals surface area contributed by atoms with Crippen LogP contribution in [0.15, 0.2) is 28.7 Å². The van der Waals surface area contributed by atoms with Gasteiger partial charge in [0, 0.05) is 15.4 Å². The van der Waals surface area contributed by atoms with Crippen molar-refractivity contribution in [1.82, 2.24) is 0 Å². The highest BCUT2D eigenvalue weighted by molar-refractivity contribution is 9.10. The maximum Gasteiger partial charge on any atom is 0.150 e. The predicted octanol–water partition coefficient (Wildman–Crippen LogP) is 4.06. The highest BCUT2D eigenvalue weighted by atomic mass is 79.9. The van der Waals surface area contributed by atoms with E-state index in [0.29, 0.717) is 5.56 Å². The van der Waals surface area contributed by atoms with Gasteiger partial charge < -0.3 is 0 Å². The van der Waals surface area contributed by atoms with Crippen LogP contribution in [0.2, 0.25) is 0 Å². The summed E-state index contributed by atoms with van der Waals surface area (Å²) in [5.74, 6) is 0. The quantitative estimate of drug-likeness (QED) is 0.607. The molecule has 0 N–H and O–H groups in total. The Bertz CT molecular complexity index is 370. The average molecular weight is 318 g/mol. The molecule has 0 fully saturated rings. The molecule has 0 aliphatic rings. The molecule has 3 heteroatoms. The molecule has 0 aliphatic carbocycles. The minimum atomic E-state index is 0.700. The van der Waals surface area contributed by atoms with E-state index < -0.39 is 0 Å². The number of aldehydes is 1. The molecule has 0 aliphatic heterocycles. The summed E-state index contributed by atoms with van der Waals surface area (Å²) in [5.41, 5.74) is 2.91. The highest BCUT2D eigenvalue weighted by Gasteiger charge is 2.02. The van der Waals surface area contributed by atoms with Crippen molar-refractivity contribution in [3.63, 3.8) is 0 Å². The summed E-state index contributed by atoms with van der Waals surface area (Å²) in [4.78, 5) is 10.6. The number of benzene rings is 1. The number of alkyl halides is 1. The number of rotatable bonds is 3.